The van der Waals surface area contributed by atoms with Crippen LogP contribution < -0.4 is 15.9 Å². The fourth-order valence-corrected chi connectivity index (χ4v) is 2.28. The van der Waals surface area contributed by atoms with Crippen molar-refractivity contribution in [3.8, 4) is 0 Å². The molecule has 2 N–H and O–H groups in total. The molecule has 0 radical (unpaired) electrons. The quantitative estimate of drug-likeness (QED) is 0.826. The number of fused-ring (bicyclic) bond motifs is 1. The van der Waals surface area contributed by atoms with Gasteiger partial charge >= 0.3 is 0 Å². The van der Waals surface area contributed by atoms with Crippen LogP contribution >= 0.6 is 11.8 Å². The van der Waals surface area contributed by atoms with Gasteiger partial charge in [0.1, 0.15) is 5.82 Å². The number of hydrazone groups is 1. The third-order valence-electron chi connectivity index (χ3n) is 2.94. The van der Waals surface area contributed by atoms with Gasteiger partial charge in [-0.1, -0.05) is 12.1 Å². The van der Waals surface area contributed by atoms with E-state index in [0.717, 1.165) is 29.0 Å². The van der Waals surface area contributed by atoms with E-state index in [-0.39, 0.29) is 0 Å². The maximum atomic E-state index is 4.58. The summed E-state index contributed by atoms with van der Waals surface area (Å²) < 4.78 is 0. The molecule has 0 bridgehead atoms. The fourth-order valence-electron chi connectivity index (χ4n) is 1.97. The van der Waals surface area contributed by atoms with Crippen LogP contribution in [-0.4, -0.2) is 34.7 Å². The Hall–Kier alpha value is -2.28. The van der Waals surface area contributed by atoms with Crippen molar-refractivity contribution in [2.75, 3.05) is 29.0 Å². The van der Waals surface area contributed by atoms with Crippen LogP contribution in [0.25, 0.3) is 10.9 Å². The third-order valence-corrected chi connectivity index (χ3v) is 3.55. The van der Waals surface area contributed by atoms with Crippen LogP contribution in [-0.2, 0) is 0 Å². The second-order valence-corrected chi connectivity index (χ2v) is 5.36. The van der Waals surface area contributed by atoms with Gasteiger partial charge in [-0.2, -0.15) is 21.8 Å². The Kier molecular flexibility index (Phi) is 4.20. The molecule has 0 amide bonds. The van der Waals surface area contributed by atoms with Crippen LogP contribution in [0.5, 0.6) is 0 Å². The van der Waals surface area contributed by atoms with Crippen molar-refractivity contribution in [2.24, 2.45) is 5.10 Å². The first-order valence-corrected chi connectivity index (χ1v) is 8.03. The summed E-state index contributed by atoms with van der Waals surface area (Å²) in [6.07, 6.45) is 7.38. The Morgan fingerprint density at radius 1 is 1.29 bits per heavy atom. The van der Waals surface area contributed by atoms with E-state index < -0.39 is 0 Å². The number of hydrogen-bond donors (Lipinski definition) is 2. The van der Waals surface area contributed by atoms with E-state index in [9.17, 15) is 0 Å². The van der Waals surface area contributed by atoms with Gasteiger partial charge in [-0.25, -0.2) is 4.98 Å². The summed E-state index contributed by atoms with van der Waals surface area (Å²) in [6, 6.07) is 7.96. The highest BCUT2D eigenvalue weighted by Gasteiger charge is 2.12. The SMILES string of the molecule is CSCCNc1nc(N2N=CC=CN2)nc2ccccc12. The molecule has 1 aromatic carbocycles. The molecule has 0 spiro atoms. The van der Waals surface area contributed by atoms with Crippen molar-refractivity contribution in [2.45, 2.75) is 0 Å². The van der Waals surface area contributed by atoms with Crippen molar-refractivity contribution >= 4 is 40.6 Å². The van der Waals surface area contributed by atoms with Crippen LogP contribution in [0.4, 0.5) is 11.8 Å². The molecule has 0 unspecified atom stereocenters. The third kappa shape index (κ3) is 3.08. The number of nitrogens with one attached hydrogen (secondary N) is 2. The first-order valence-electron chi connectivity index (χ1n) is 6.63. The van der Waals surface area contributed by atoms with Crippen LogP contribution in [0.1, 0.15) is 0 Å². The van der Waals surface area contributed by atoms with Gasteiger partial charge in [0.15, 0.2) is 0 Å². The Morgan fingerprint density at radius 3 is 3.00 bits per heavy atom. The van der Waals surface area contributed by atoms with E-state index in [4.69, 9.17) is 0 Å². The molecule has 1 aliphatic heterocycles. The molecule has 0 atom stereocenters. The van der Waals surface area contributed by atoms with Crippen LogP contribution in [0, 0.1) is 0 Å². The standard InChI is InChI=1S/C14H16N6S/c1-21-10-9-15-13-11-5-2-3-6-12(11)18-14(19-13)20-16-7-4-8-17-20/h2-8,16H,9-10H2,1H3,(H,15,18,19). The van der Waals surface area contributed by atoms with E-state index >= 15 is 0 Å². The highest BCUT2D eigenvalue weighted by Crippen LogP contribution is 2.23. The second kappa shape index (κ2) is 6.45. The average Bonchev–Trinajstić information content (AvgIpc) is 2.55. The molecule has 0 fully saturated rings. The molecule has 6 nitrogen and oxygen atoms in total. The lowest BCUT2D eigenvalue weighted by molar-refractivity contribution is 0.743. The topological polar surface area (TPSA) is 65.4 Å². The van der Waals surface area contributed by atoms with Crippen molar-refractivity contribution in [3.63, 3.8) is 0 Å². The van der Waals surface area contributed by atoms with Crippen molar-refractivity contribution < 1.29 is 0 Å². The van der Waals surface area contributed by atoms with Crippen molar-refractivity contribution in [1.82, 2.24) is 15.4 Å². The molecule has 2 aromatic rings. The predicted molar refractivity (Wildman–Crippen MR) is 89.7 cm³/mol. The second-order valence-electron chi connectivity index (χ2n) is 4.37. The Morgan fingerprint density at radius 2 is 2.19 bits per heavy atom. The lowest BCUT2D eigenvalue weighted by Crippen LogP contribution is -2.32. The van der Waals surface area contributed by atoms with E-state index in [0.29, 0.717) is 5.95 Å². The number of hydrazine groups is 1. The van der Waals surface area contributed by atoms with Gasteiger partial charge in [-0.3, -0.25) is 5.43 Å². The van der Waals surface area contributed by atoms with E-state index in [1.165, 1.54) is 0 Å². The number of aromatic nitrogens is 2. The molecule has 1 aromatic heterocycles. The minimum atomic E-state index is 0.515. The molecule has 108 valence electrons. The number of nitrogens with zero attached hydrogens (tertiary/aromatic N) is 4. The van der Waals surface area contributed by atoms with Gasteiger partial charge < -0.3 is 5.32 Å². The van der Waals surface area contributed by atoms with Gasteiger partial charge in [0.05, 0.1) is 11.7 Å². The van der Waals surface area contributed by atoms with E-state index in [1.807, 2.05) is 30.3 Å². The number of thioether (sulfide) groups is 1. The minimum Gasteiger partial charge on any atom is -0.369 e. The van der Waals surface area contributed by atoms with Crippen LogP contribution in [0.15, 0.2) is 41.6 Å². The average molecular weight is 300 g/mol. The van der Waals surface area contributed by atoms with Gasteiger partial charge in [-0.05, 0) is 24.5 Å². The lowest BCUT2D eigenvalue weighted by Gasteiger charge is -2.19. The van der Waals surface area contributed by atoms with E-state index in [2.05, 4.69) is 32.1 Å². The Labute approximate surface area is 127 Å². The molecule has 0 aliphatic carbocycles. The van der Waals surface area contributed by atoms with Gasteiger partial charge in [-0.15, -0.1) is 5.12 Å². The monoisotopic (exact) mass is 300 g/mol. The van der Waals surface area contributed by atoms with Crippen LogP contribution in [0.2, 0.25) is 0 Å². The molecule has 7 heteroatoms. The molecular weight excluding hydrogens is 284 g/mol. The molecule has 3 rings (SSSR count). The maximum absolute atomic E-state index is 4.58. The summed E-state index contributed by atoms with van der Waals surface area (Å²) in [7, 11) is 0. The molecule has 0 saturated heterocycles. The zero-order valence-corrected chi connectivity index (χ0v) is 12.5. The predicted octanol–water partition coefficient (Wildman–Crippen LogP) is 2.23. The van der Waals surface area contributed by atoms with Crippen LogP contribution in [0.3, 0.4) is 0 Å². The first kappa shape index (κ1) is 13.7. The number of hydrogen-bond acceptors (Lipinski definition) is 7. The van der Waals surface area contributed by atoms with Gasteiger partial charge in [0.25, 0.3) is 5.95 Å². The number of anilines is 2. The summed E-state index contributed by atoms with van der Waals surface area (Å²) in [5.41, 5.74) is 3.88. The largest absolute Gasteiger partial charge is 0.369 e. The fraction of sp³-hybridized carbons (Fsp3) is 0.214. The summed E-state index contributed by atoms with van der Waals surface area (Å²) >= 11 is 1.80. The first-order chi connectivity index (χ1) is 10.4. The molecular formula is C14H16N6S. The Bertz CT molecular complexity index is 684. The highest BCUT2D eigenvalue weighted by molar-refractivity contribution is 7.98. The smallest absolute Gasteiger partial charge is 0.268 e. The maximum Gasteiger partial charge on any atom is 0.268 e. The summed E-state index contributed by atoms with van der Waals surface area (Å²) in [5.74, 6) is 2.37. The normalized spacial score (nSPS) is 13.5. The number of benzene rings is 1. The van der Waals surface area contributed by atoms with Gasteiger partial charge in [0, 0.05) is 23.9 Å². The van der Waals surface area contributed by atoms with Crippen molar-refractivity contribution in [1.29, 1.82) is 0 Å². The highest BCUT2D eigenvalue weighted by atomic mass is 32.2. The van der Waals surface area contributed by atoms with Crippen molar-refractivity contribution in [3.05, 3.63) is 36.5 Å². The minimum absolute atomic E-state index is 0.515. The number of para-hydroxylation sites is 1. The Balaban J connectivity index is 1.97. The van der Waals surface area contributed by atoms with E-state index in [1.54, 1.807) is 29.3 Å². The number of rotatable bonds is 5. The zero-order chi connectivity index (χ0) is 14.5. The lowest BCUT2D eigenvalue weighted by atomic mass is 10.2. The molecule has 2 heterocycles. The molecule has 1 aliphatic rings. The summed E-state index contributed by atoms with van der Waals surface area (Å²) in [5, 5.41) is 10.1. The molecule has 21 heavy (non-hydrogen) atoms. The summed E-state index contributed by atoms with van der Waals surface area (Å²) in [6.45, 7) is 0.859. The summed E-state index contributed by atoms with van der Waals surface area (Å²) in [4.78, 5) is 9.13. The number of allylic oxidation sites excluding steroid dienone is 1. The molecule has 0 saturated carbocycles. The zero-order valence-electron chi connectivity index (χ0n) is 11.7. The van der Waals surface area contributed by atoms with Gasteiger partial charge in [0.2, 0.25) is 0 Å².